The first-order chi connectivity index (χ1) is 14.5. The van der Waals surface area contributed by atoms with Crippen LogP contribution in [0.2, 0.25) is 0 Å². The molecule has 0 radical (unpaired) electrons. The summed E-state index contributed by atoms with van der Waals surface area (Å²) in [6.07, 6.45) is 1.48. The average Bonchev–Trinajstić information content (AvgIpc) is 3.02. The first-order valence-corrected chi connectivity index (χ1v) is 9.51. The number of nitrogens with zero attached hydrogens (tertiary/aromatic N) is 1. The number of hydrazine groups is 1. The Balaban J connectivity index is 1.82. The molecule has 8 heteroatoms. The summed E-state index contributed by atoms with van der Waals surface area (Å²) in [5.74, 6) is -0.682. The van der Waals surface area contributed by atoms with Gasteiger partial charge in [-0.1, -0.05) is 24.3 Å². The largest absolute Gasteiger partial charge is 0.490 e. The van der Waals surface area contributed by atoms with Crippen LogP contribution < -0.4 is 19.9 Å². The van der Waals surface area contributed by atoms with E-state index in [1.54, 1.807) is 49.4 Å². The molecule has 0 atom stereocenters. The van der Waals surface area contributed by atoms with E-state index in [1.165, 1.54) is 11.1 Å². The number of benzene rings is 2. The molecule has 1 fully saturated rings. The summed E-state index contributed by atoms with van der Waals surface area (Å²) < 4.78 is 15.9. The lowest BCUT2D eigenvalue weighted by atomic mass is 10.1. The number of ether oxygens (including phenoxy) is 3. The Morgan fingerprint density at radius 2 is 1.77 bits per heavy atom. The Bertz CT molecular complexity index is 971. The Morgan fingerprint density at radius 3 is 2.47 bits per heavy atom. The number of carbonyl (C=O) groups excluding carboxylic acids is 3. The van der Waals surface area contributed by atoms with Crippen molar-refractivity contribution in [2.45, 2.75) is 13.8 Å². The second-order valence-electron chi connectivity index (χ2n) is 6.21. The molecule has 8 nitrogen and oxygen atoms in total. The highest BCUT2D eigenvalue weighted by atomic mass is 16.6. The van der Waals surface area contributed by atoms with E-state index in [-0.39, 0.29) is 18.8 Å². The summed E-state index contributed by atoms with van der Waals surface area (Å²) in [6.45, 7) is 3.92. The molecule has 1 aliphatic rings. The Hall–Kier alpha value is -3.81. The normalized spacial score (nSPS) is 14.6. The van der Waals surface area contributed by atoms with Gasteiger partial charge in [0.15, 0.2) is 18.1 Å². The molecule has 0 spiro atoms. The second-order valence-corrected chi connectivity index (χ2v) is 6.21. The number of nitrogens with one attached hydrogen (secondary N) is 1. The topological polar surface area (TPSA) is 94.2 Å². The molecule has 156 valence electrons. The summed E-state index contributed by atoms with van der Waals surface area (Å²) >= 11 is 0. The fraction of sp³-hybridized carbons (Fsp3) is 0.227. The predicted molar refractivity (Wildman–Crippen MR) is 110 cm³/mol. The average molecular weight is 410 g/mol. The van der Waals surface area contributed by atoms with Crippen LogP contribution in [0, 0.1) is 0 Å². The lowest BCUT2D eigenvalue weighted by Gasteiger charge is -2.14. The van der Waals surface area contributed by atoms with Gasteiger partial charge in [0.25, 0.3) is 11.8 Å². The SMILES string of the molecule is CCOC(=O)COc1ccc(/C=C2\C(=O)NN(c3ccccc3)C2=O)cc1OCC. The fourth-order valence-electron chi connectivity index (χ4n) is 2.82. The van der Waals surface area contributed by atoms with E-state index in [0.29, 0.717) is 29.4 Å². The third-order valence-corrected chi connectivity index (χ3v) is 4.14. The number of carbonyl (C=O) groups is 3. The van der Waals surface area contributed by atoms with Crippen molar-refractivity contribution in [3.8, 4) is 11.5 Å². The van der Waals surface area contributed by atoms with Crippen LogP contribution in [-0.4, -0.2) is 37.6 Å². The maximum Gasteiger partial charge on any atom is 0.344 e. The summed E-state index contributed by atoms with van der Waals surface area (Å²) in [5.41, 5.74) is 3.70. The van der Waals surface area contributed by atoms with E-state index in [0.717, 1.165) is 0 Å². The molecule has 1 saturated heterocycles. The van der Waals surface area contributed by atoms with Gasteiger partial charge in [0.1, 0.15) is 5.57 Å². The monoisotopic (exact) mass is 410 g/mol. The zero-order valence-corrected chi connectivity index (χ0v) is 16.7. The van der Waals surface area contributed by atoms with Crippen molar-refractivity contribution < 1.29 is 28.6 Å². The third-order valence-electron chi connectivity index (χ3n) is 4.14. The molecule has 1 N–H and O–H groups in total. The van der Waals surface area contributed by atoms with Gasteiger partial charge in [-0.2, -0.15) is 0 Å². The summed E-state index contributed by atoms with van der Waals surface area (Å²) in [5, 5.41) is 1.20. The van der Waals surface area contributed by atoms with Gasteiger partial charge in [-0.15, -0.1) is 0 Å². The molecule has 2 aromatic carbocycles. The highest BCUT2D eigenvalue weighted by Crippen LogP contribution is 2.30. The Labute approximate surface area is 174 Å². The predicted octanol–water partition coefficient (Wildman–Crippen LogP) is 2.49. The Kier molecular flexibility index (Phi) is 6.69. The molecular weight excluding hydrogens is 388 g/mol. The molecule has 2 amide bonds. The lowest BCUT2D eigenvalue weighted by Crippen LogP contribution is -2.35. The summed E-state index contributed by atoms with van der Waals surface area (Å²) in [7, 11) is 0. The highest BCUT2D eigenvalue weighted by Gasteiger charge is 2.34. The van der Waals surface area contributed by atoms with E-state index in [1.807, 2.05) is 13.0 Å². The third kappa shape index (κ3) is 4.78. The number of hydrogen-bond donors (Lipinski definition) is 1. The van der Waals surface area contributed by atoms with Crippen molar-refractivity contribution in [2.24, 2.45) is 0 Å². The first kappa shape index (κ1) is 20.9. The van der Waals surface area contributed by atoms with E-state index in [4.69, 9.17) is 14.2 Å². The van der Waals surface area contributed by atoms with Crippen LogP contribution in [0.4, 0.5) is 5.69 Å². The van der Waals surface area contributed by atoms with Gasteiger partial charge < -0.3 is 14.2 Å². The summed E-state index contributed by atoms with van der Waals surface area (Å²) in [4.78, 5) is 36.6. The zero-order chi connectivity index (χ0) is 21.5. The van der Waals surface area contributed by atoms with Crippen molar-refractivity contribution in [3.63, 3.8) is 0 Å². The number of anilines is 1. The quantitative estimate of drug-likeness (QED) is 0.408. The maximum absolute atomic E-state index is 12.7. The van der Waals surface area contributed by atoms with Crippen molar-refractivity contribution in [1.29, 1.82) is 0 Å². The van der Waals surface area contributed by atoms with Crippen molar-refractivity contribution in [3.05, 3.63) is 59.7 Å². The van der Waals surface area contributed by atoms with Crippen LogP contribution in [0.15, 0.2) is 54.1 Å². The summed E-state index contributed by atoms with van der Waals surface area (Å²) in [6, 6.07) is 13.8. The smallest absolute Gasteiger partial charge is 0.344 e. The molecule has 0 saturated carbocycles. The lowest BCUT2D eigenvalue weighted by molar-refractivity contribution is -0.145. The van der Waals surface area contributed by atoms with E-state index in [9.17, 15) is 14.4 Å². The highest BCUT2D eigenvalue weighted by molar-refractivity contribution is 6.31. The zero-order valence-electron chi connectivity index (χ0n) is 16.7. The van der Waals surface area contributed by atoms with Gasteiger partial charge in [0.2, 0.25) is 0 Å². The van der Waals surface area contributed by atoms with Crippen LogP contribution in [-0.2, 0) is 19.1 Å². The van der Waals surface area contributed by atoms with Crippen LogP contribution >= 0.6 is 0 Å². The number of rotatable bonds is 8. The molecule has 30 heavy (non-hydrogen) atoms. The van der Waals surface area contributed by atoms with Gasteiger partial charge in [-0.3, -0.25) is 15.0 Å². The van der Waals surface area contributed by atoms with Crippen LogP contribution in [0.1, 0.15) is 19.4 Å². The fourth-order valence-corrected chi connectivity index (χ4v) is 2.82. The van der Waals surface area contributed by atoms with Gasteiger partial charge >= 0.3 is 5.97 Å². The van der Waals surface area contributed by atoms with Crippen molar-refractivity contribution >= 4 is 29.5 Å². The standard InChI is InChI=1S/C22H22N2O6/c1-3-28-19-13-15(10-11-18(19)30-14-20(25)29-4-2)12-17-21(26)23-24(22(17)27)16-8-6-5-7-9-16/h5-13H,3-4,14H2,1-2H3,(H,23,26)/b17-12+. The minimum atomic E-state index is -0.496. The minimum Gasteiger partial charge on any atom is -0.490 e. The van der Waals surface area contributed by atoms with Gasteiger partial charge in [-0.05, 0) is 49.8 Å². The molecule has 3 rings (SSSR count). The number of amides is 2. The molecule has 0 unspecified atom stereocenters. The van der Waals surface area contributed by atoms with Crippen LogP contribution in [0.25, 0.3) is 6.08 Å². The molecule has 0 aliphatic carbocycles. The number of para-hydroxylation sites is 1. The van der Waals surface area contributed by atoms with E-state index < -0.39 is 17.8 Å². The first-order valence-electron chi connectivity index (χ1n) is 9.51. The molecule has 2 aromatic rings. The maximum atomic E-state index is 12.7. The van der Waals surface area contributed by atoms with Gasteiger partial charge in [0.05, 0.1) is 18.9 Å². The van der Waals surface area contributed by atoms with Crippen molar-refractivity contribution in [2.75, 3.05) is 24.8 Å². The molecule has 0 bridgehead atoms. The molecule has 1 heterocycles. The van der Waals surface area contributed by atoms with Crippen molar-refractivity contribution in [1.82, 2.24) is 5.43 Å². The second kappa shape index (κ2) is 9.60. The number of hydrogen-bond acceptors (Lipinski definition) is 6. The minimum absolute atomic E-state index is 0.00138. The molecule has 1 aliphatic heterocycles. The van der Waals surface area contributed by atoms with Gasteiger partial charge in [0, 0.05) is 0 Å². The van der Waals surface area contributed by atoms with Crippen LogP contribution in [0.3, 0.4) is 0 Å². The van der Waals surface area contributed by atoms with Gasteiger partial charge in [-0.25, -0.2) is 9.80 Å². The van der Waals surface area contributed by atoms with Crippen LogP contribution in [0.5, 0.6) is 11.5 Å². The van der Waals surface area contributed by atoms with E-state index >= 15 is 0 Å². The Morgan fingerprint density at radius 1 is 1.00 bits per heavy atom. The molecule has 0 aromatic heterocycles. The number of esters is 1. The van der Waals surface area contributed by atoms with E-state index in [2.05, 4.69) is 5.43 Å². The molecular formula is C22H22N2O6.